The molecule has 3 rings (SSSR count). The summed E-state index contributed by atoms with van der Waals surface area (Å²) in [5.74, 6) is 0. The third kappa shape index (κ3) is 3.56. The SMILES string of the molecule is c1csc(CCN(CC2CCCCN2)C2CC2)c1. The smallest absolute Gasteiger partial charge is 0.0195 e. The molecule has 18 heavy (non-hydrogen) atoms. The predicted molar refractivity (Wildman–Crippen MR) is 78.3 cm³/mol. The Hall–Kier alpha value is -0.380. The highest BCUT2D eigenvalue weighted by Gasteiger charge is 2.30. The van der Waals surface area contributed by atoms with E-state index in [1.54, 1.807) is 0 Å². The van der Waals surface area contributed by atoms with Crippen LogP contribution in [-0.2, 0) is 6.42 Å². The minimum atomic E-state index is 0.752. The Labute approximate surface area is 114 Å². The lowest BCUT2D eigenvalue weighted by Crippen LogP contribution is -2.45. The lowest BCUT2D eigenvalue weighted by molar-refractivity contribution is 0.218. The van der Waals surface area contributed by atoms with E-state index in [1.165, 1.54) is 63.0 Å². The third-order valence-corrected chi connectivity index (χ3v) is 5.09. The number of thiophene rings is 1. The van der Waals surface area contributed by atoms with Gasteiger partial charge in [-0.2, -0.15) is 0 Å². The minimum absolute atomic E-state index is 0.752. The molecule has 0 radical (unpaired) electrons. The van der Waals surface area contributed by atoms with Gasteiger partial charge in [0.1, 0.15) is 0 Å². The van der Waals surface area contributed by atoms with Crippen LogP contribution in [0.5, 0.6) is 0 Å². The molecule has 2 heterocycles. The van der Waals surface area contributed by atoms with Crippen LogP contribution in [0, 0.1) is 0 Å². The van der Waals surface area contributed by atoms with Gasteiger partial charge in [-0.25, -0.2) is 0 Å². The molecule has 2 nitrogen and oxygen atoms in total. The van der Waals surface area contributed by atoms with E-state index in [1.807, 2.05) is 11.3 Å². The summed E-state index contributed by atoms with van der Waals surface area (Å²) in [5, 5.41) is 5.88. The summed E-state index contributed by atoms with van der Waals surface area (Å²) in [6.45, 7) is 3.76. The van der Waals surface area contributed by atoms with Crippen molar-refractivity contribution in [2.75, 3.05) is 19.6 Å². The number of hydrogen-bond acceptors (Lipinski definition) is 3. The Bertz CT molecular complexity index is 339. The van der Waals surface area contributed by atoms with E-state index in [0.29, 0.717) is 0 Å². The number of rotatable bonds is 6. The Morgan fingerprint density at radius 3 is 2.89 bits per heavy atom. The van der Waals surface area contributed by atoms with Gasteiger partial charge >= 0.3 is 0 Å². The molecular weight excluding hydrogens is 240 g/mol. The molecule has 0 spiro atoms. The van der Waals surface area contributed by atoms with Crippen molar-refractivity contribution < 1.29 is 0 Å². The predicted octanol–water partition coefficient (Wildman–Crippen LogP) is 2.90. The van der Waals surface area contributed by atoms with E-state index in [-0.39, 0.29) is 0 Å². The van der Waals surface area contributed by atoms with Gasteiger partial charge in [-0.1, -0.05) is 12.5 Å². The number of hydrogen-bond donors (Lipinski definition) is 1. The molecule has 1 aromatic rings. The molecule has 1 aliphatic heterocycles. The van der Waals surface area contributed by atoms with Crippen molar-refractivity contribution in [3.63, 3.8) is 0 Å². The highest BCUT2D eigenvalue weighted by molar-refractivity contribution is 7.09. The van der Waals surface area contributed by atoms with Crippen LogP contribution in [0.2, 0.25) is 0 Å². The summed E-state index contributed by atoms with van der Waals surface area (Å²) in [6, 6.07) is 6.09. The van der Waals surface area contributed by atoms with Gasteiger partial charge in [-0.3, -0.25) is 4.90 Å². The molecule has 1 aromatic heterocycles. The lowest BCUT2D eigenvalue weighted by atomic mass is 10.0. The second-order valence-electron chi connectivity index (χ2n) is 5.70. The van der Waals surface area contributed by atoms with Crippen LogP contribution in [-0.4, -0.2) is 36.6 Å². The molecule has 1 aliphatic carbocycles. The molecular formula is C15H24N2S. The van der Waals surface area contributed by atoms with Crippen molar-refractivity contribution in [1.29, 1.82) is 0 Å². The number of nitrogens with zero attached hydrogens (tertiary/aromatic N) is 1. The van der Waals surface area contributed by atoms with Crippen LogP contribution >= 0.6 is 11.3 Å². The molecule has 100 valence electrons. The Balaban J connectivity index is 1.48. The molecule has 1 N–H and O–H groups in total. The van der Waals surface area contributed by atoms with Crippen LogP contribution in [0.15, 0.2) is 17.5 Å². The molecule has 0 amide bonds. The minimum Gasteiger partial charge on any atom is -0.313 e. The van der Waals surface area contributed by atoms with Crippen molar-refractivity contribution in [2.45, 2.75) is 50.6 Å². The fourth-order valence-corrected chi connectivity index (χ4v) is 3.63. The first-order chi connectivity index (χ1) is 8.92. The van der Waals surface area contributed by atoms with E-state index in [0.717, 1.165) is 12.1 Å². The molecule has 2 fully saturated rings. The van der Waals surface area contributed by atoms with Crippen molar-refractivity contribution in [2.24, 2.45) is 0 Å². The molecule has 0 aromatic carbocycles. The summed E-state index contributed by atoms with van der Waals surface area (Å²) in [6.07, 6.45) is 8.26. The van der Waals surface area contributed by atoms with Crippen LogP contribution in [0.4, 0.5) is 0 Å². The molecule has 1 unspecified atom stereocenters. The van der Waals surface area contributed by atoms with Gasteiger partial charge in [0.05, 0.1) is 0 Å². The number of nitrogens with one attached hydrogen (secondary N) is 1. The fourth-order valence-electron chi connectivity index (χ4n) is 2.93. The normalized spacial score (nSPS) is 24.6. The fraction of sp³-hybridized carbons (Fsp3) is 0.733. The first-order valence-electron chi connectivity index (χ1n) is 7.41. The van der Waals surface area contributed by atoms with Gasteiger partial charge in [0.25, 0.3) is 0 Å². The van der Waals surface area contributed by atoms with Crippen molar-refractivity contribution in [3.8, 4) is 0 Å². The first-order valence-corrected chi connectivity index (χ1v) is 8.29. The summed E-state index contributed by atoms with van der Waals surface area (Å²) in [5.41, 5.74) is 0. The van der Waals surface area contributed by atoms with Crippen LogP contribution in [0.25, 0.3) is 0 Å². The second kappa shape index (κ2) is 6.18. The quantitative estimate of drug-likeness (QED) is 0.850. The van der Waals surface area contributed by atoms with E-state index >= 15 is 0 Å². The van der Waals surface area contributed by atoms with Gasteiger partial charge in [-0.15, -0.1) is 11.3 Å². The molecule has 1 atom stereocenters. The summed E-state index contributed by atoms with van der Waals surface area (Å²) < 4.78 is 0. The topological polar surface area (TPSA) is 15.3 Å². The second-order valence-corrected chi connectivity index (χ2v) is 6.73. The van der Waals surface area contributed by atoms with Gasteiger partial charge in [-0.05, 0) is 50.1 Å². The lowest BCUT2D eigenvalue weighted by Gasteiger charge is -2.30. The molecule has 3 heteroatoms. The summed E-state index contributed by atoms with van der Waals surface area (Å²) >= 11 is 1.90. The Morgan fingerprint density at radius 2 is 2.22 bits per heavy atom. The largest absolute Gasteiger partial charge is 0.313 e. The maximum absolute atomic E-state index is 3.69. The molecule has 1 saturated heterocycles. The molecule has 1 saturated carbocycles. The van der Waals surface area contributed by atoms with E-state index < -0.39 is 0 Å². The van der Waals surface area contributed by atoms with Gasteiger partial charge in [0.2, 0.25) is 0 Å². The zero-order chi connectivity index (χ0) is 12.2. The maximum atomic E-state index is 3.69. The summed E-state index contributed by atoms with van der Waals surface area (Å²) in [7, 11) is 0. The molecule has 0 bridgehead atoms. The monoisotopic (exact) mass is 264 g/mol. The van der Waals surface area contributed by atoms with Gasteiger partial charge in [0, 0.05) is 30.1 Å². The highest BCUT2D eigenvalue weighted by atomic mass is 32.1. The third-order valence-electron chi connectivity index (χ3n) is 4.16. The van der Waals surface area contributed by atoms with Crippen LogP contribution in [0.1, 0.15) is 37.0 Å². The Morgan fingerprint density at radius 1 is 1.28 bits per heavy atom. The first kappa shape index (κ1) is 12.6. The van der Waals surface area contributed by atoms with Crippen molar-refractivity contribution >= 4 is 11.3 Å². The standard InChI is InChI=1S/C15H24N2S/c1-2-9-16-13(4-1)12-17(14-6-7-14)10-8-15-5-3-11-18-15/h3,5,11,13-14,16H,1-2,4,6-10,12H2. The highest BCUT2D eigenvalue weighted by Crippen LogP contribution is 2.28. The van der Waals surface area contributed by atoms with Crippen LogP contribution < -0.4 is 5.32 Å². The van der Waals surface area contributed by atoms with E-state index in [2.05, 4.69) is 27.7 Å². The number of piperidine rings is 1. The van der Waals surface area contributed by atoms with Crippen molar-refractivity contribution in [3.05, 3.63) is 22.4 Å². The van der Waals surface area contributed by atoms with Gasteiger partial charge in [0.15, 0.2) is 0 Å². The molecule has 2 aliphatic rings. The summed E-state index contributed by atoms with van der Waals surface area (Å²) in [4.78, 5) is 4.28. The van der Waals surface area contributed by atoms with E-state index in [4.69, 9.17) is 0 Å². The van der Waals surface area contributed by atoms with Gasteiger partial charge < -0.3 is 5.32 Å². The average molecular weight is 264 g/mol. The zero-order valence-electron chi connectivity index (χ0n) is 11.1. The average Bonchev–Trinajstić information content (AvgIpc) is 3.12. The van der Waals surface area contributed by atoms with Crippen LogP contribution in [0.3, 0.4) is 0 Å². The maximum Gasteiger partial charge on any atom is 0.0195 e. The Kier molecular flexibility index (Phi) is 4.34. The zero-order valence-corrected chi connectivity index (χ0v) is 11.9. The van der Waals surface area contributed by atoms with Crippen molar-refractivity contribution in [1.82, 2.24) is 10.2 Å². The van der Waals surface area contributed by atoms with E-state index in [9.17, 15) is 0 Å².